The molecule has 1 aromatic heterocycles. The van der Waals surface area contributed by atoms with Gasteiger partial charge in [-0.2, -0.15) is 9.57 Å². The van der Waals surface area contributed by atoms with E-state index in [1.807, 2.05) is 24.4 Å². The molecule has 7 nitrogen and oxygen atoms in total. The molecule has 0 saturated carbocycles. The first-order valence-electron chi connectivity index (χ1n) is 8.48. The van der Waals surface area contributed by atoms with Gasteiger partial charge in [0.1, 0.15) is 0 Å². The molecule has 1 saturated heterocycles. The van der Waals surface area contributed by atoms with E-state index in [0.717, 1.165) is 10.4 Å². The molecule has 0 unspecified atom stereocenters. The number of nitrogens with zero attached hydrogens (tertiary/aromatic N) is 3. The molecule has 0 aliphatic carbocycles. The Morgan fingerprint density at radius 1 is 1.19 bits per heavy atom. The van der Waals surface area contributed by atoms with Crippen LogP contribution in [0.4, 0.5) is 4.79 Å². The zero-order chi connectivity index (χ0) is 19.4. The van der Waals surface area contributed by atoms with Crippen molar-refractivity contribution in [2.24, 2.45) is 0 Å². The fourth-order valence-electron chi connectivity index (χ4n) is 2.83. The zero-order valence-corrected chi connectivity index (χ0v) is 16.5. The second-order valence-corrected chi connectivity index (χ2v) is 9.15. The normalized spacial score (nSPS) is 15.3. The number of rotatable bonds is 4. The Bertz CT molecular complexity index is 953. The van der Waals surface area contributed by atoms with Crippen molar-refractivity contribution in [3.05, 3.63) is 51.7 Å². The SMILES string of the molecule is Cc1ccsc1CNC(=O)N1CCN(S(=O)(=O)c2ccc(C#N)cc2)CC1. The molecule has 9 heteroatoms. The number of nitrogens with one attached hydrogen (secondary N) is 1. The minimum atomic E-state index is -3.62. The van der Waals surface area contributed by atoms with Gasteiger partial charge in [0.25, 0.3) is 0 Å². The van der Waals surface area contributed by atoms with E-state index in [0.29, 0.717) is 25.2 Å². The molecule has 1 N–H and O–H groups in total. The molecular weight excluding hydrogens is 384 g/mol. The molecule has 2 heterocycles. The third-order valence-electron chi connectivity index (χ3n) is 4.52. The maximum atomic E-state index is 12.7. The number of carbonyl (C=O) groups excluding carboxylic acids is 1. The van der Waals surface area contributed by atoms with Gasteiger partial charge in [-0.15, -0.1) is 11.3 Å². The Morgan fingerprint density at radius 3 is 2.41 bits per heavy atom. The summed E-state index contributed by atoms with van der Waals surface area (Å²) in [4.78, 5) is 15.2. The van der Waals surface area contributed by atoms with Crippen LogP contribution in [0.3, 0.4) is 0 Å². The van der Waals surface area contributed by atoms with E-state index in [9.17, 15) is 13.2 Å². The van der Waals surface area contributed by atoms with Gasteiger partial charge in [0.15, 0.2) is 0 Å². The first-order valence-corrected chi connectivity index (χ1v) is 10.8. The van der Waals surface area contributed by atoms with Crippen LogP contribution in [-0.2, 0) is 16.6 Å². The fourth-order valence-corrected chi connectivity index (χ4v) is 5.10. The fraction of sp³-hybridized carbons (Fsp3) is 0.333. The van der Waals surface area contributed by atoms with Crippen LogP contribution in [0.15, 0.2) is 40.6 Å². The smallest absolute Gasteiger partial charge is 0.317 e. The topological polar surface area (TPSA) is 93.5 Å². The first-order chi connectivity index (χ1) is 12.9. The Balaban J connectivity index is 1.56. The second kappa shape index (κ2) is 8.08. The van der Waals surface area contributed by atoms with Crippen molar-refractivity contribution >= 4 is 27.4 Å². The van der Waals surface area contributed by atoms with Crippen LogP contribution in [0.1, 0.15) is 16.0 Å². The van der Waals surface area contributed by atoms with Gasteiger partial charge in [0.2, 0.25) is 10.0 Å². The van der Waals surface area contributed by atoms with Gasteiger partial charge in [-0.25, -0.2) is 13.2 Å². The van der Waals surface area contributed by atoms with Crippen LogP contribution in [0.5, 0.6) is 0 Å². The average molecular weight is 405 g/mol. The minimum Gasteiger partial charge on any atom is -0.333 e. The summed E-state index contributed by atoms with van der Waals surface area (Å²) in [6.07, 6.45) is 0. The maximum Gasteiger partial charge on any atom is 0.317 e. The Morgan fingerprint density at radius 2 is 1.85 bits per heavy atom. The maximum absolute atomic E-state index is 12.7. The summed E-state index contributed by atoms with van der Waals surface area (Å²) in [5, 5.41) is 13.7. The number of sulfonamides is 1. The van der Waals surface area contributed by atoms with Crippen molar-refractivity contribution in [3.8, 4) is 6.07 Å². The van der Waals surface area contributed by atoms with Crippen molar-refractivity contribution in [2.75, 3.05) is 26.2 Å². The van der Waals surface area contributed by atoms with Crippen LogP contribution >= 0.6 is 11.3 Å². The number of nitriles is 1. The standard InChI is InChI=1S/C18H20N4O3S2/c1-14-6-11-26-17(14)13-20-18(23)21-7-9-22(10-8-21)27(24,25)16-4-2-15(12-19)3-5-16/h2-6,11H,7-10,13H2,1H3,(H,20,23). The molecule has 1 aromatic carbocycles. The highest BCUT2D eigenvalue weighted by Crippen LogP contribution is 2.19. The molecule has 142 valence electrons. The molecule has 1 aliphatic rings. The number of hydrogen-bond donors (Lipinski definition) is 1. The summed E-state index contributed by atoms with van der Waals surface area (Å²) in [5.74, 6) is 0. The third-order valence-corrected chi connectivity index (χ3v) is 7.45. The van der Waals surface area contributed by atoms with E-state index >= 15 is 0 Å². The van der Waals surface area contributed by atoms with E-state index in [1.165, 1.54) is 28.6 Å². The number of aryl methyl sites for hydroxylation is 1. The van der Waals surface area contributed by atoms with Gasteiger partial charge in [-0.1, -0.05) is 0 Å². The summed E-state index contributed by atoms with van der Waals surface area (Å²) >= 11 is 1.60. The summed E-state index contributed by atoms with van der Waals surface area (Å²) in [5.41, 5.74) is 1.56. The molecule has 1 fully saturated rings. The summed E-state index contributed by atoms with van der Waals surface area (Å²) in [7, 11) is -3.62. The van der Waals surface area contributed by atoms with Gasteiger partial charge >= 0.3 is 6.03 Å². The summed E-state index contributed by atoms with van der Waals surface area (Å²) < 4.78 is 26.8. The molecule has 27 heavy (non-hydrogen) atoms. The highest BCUT2D eigenvalue weighted by atomic mass is 32.2. The average Bonchev–Trinajstić information content (AvgIpc) is 3.11. The molecule has 2 amide bonds. The Hall–Kier alpha value is -2.41. The van der Waals surface area contributed by atoms with Gasteiger partial charge in [-0.05, 0) is 48.2 Å². The predicted molar refractivity (Wildman–Crippen MR) is 103 cm³/mol. The van der Waals surface area contributed by atoms with Crippen molar-refractivity contribution in [2.45, 2.75) is 18.4 Å². The molecule has 1 aliphatic heterocycles. The third kappa shape index (κ3) is 4.30. The van der Waals surface area contributed by atoms with Gasteiger partial charge in [-0.3, -0.25) is 0 Å². The van der Waals surface area contributed by atoms with Crippen LogP contribution in [0.25, 0.3) is 0 Å². The first kappa shape index (κ1) is 19.4. The van der Waals surface area contributed by atoms with Crippen molar-refractivity contribution in [1.82, 2.24) is 14.5 Å². The van der Waals surface area contributed by atoms with Crippen molar-refractivity contribution < 1.29 is 13.2 Å². The summed E-state index contributed by atoms with van der Waals surface area (Å²) in [6, 6.07) is 9.66. The van der Waals surface area contributed by atoms with Crippen LogP contribution in [0.2, 0.25) is 0 Å². The lowest BCUT2D eigenvalue weighted by Crippen LogP contribution is -2.52. The molecule has 0 radical (unpaired) electrons. The highest BCUT2D eigenvalue weighted by molar-refractivity contribution is 7.89. The number of amides is 2. The van der Waals surface area contributed by atoms with Crippen LogP contribution < -0.4 is 5.32 Å². The van der Waals surface area contributed by atoms with E-state index in [4.69, 9.17) is 5.26 Å². The quantitative estimate of drug-likeness (QED) is 0.845. The second-order valence-electron chi connectivity index (χ2n) is 6.21. The van der Waals surface area contributed by atoms with Gasteiger partial charge in [0.05, 0.1) is 23.1 Å². The van der Waals surface area contributed by atoms with Crippen molar-refractivity contribution in [3.63, 3.8) is 0 Å². The molecule has 2 aromatic rings. The Kier molecular flexibility index (Phi) is 5.79. The summed E-state index contributed by atoms with van der Waals surface area (Å²) in [6.45, 7) is 3.65. The zero-order valence-electron chi connectivity index (χ0n) is 14.9. The number of piperazine rings is 1. The van der Waals surface area contributed by atoms with Crippen LogP contribution in [-0.4, -0.2) is 49.8 Å². The lowest BCUT2D eigenvalue weighted by Gasteiger charge is -2.34. The largest absolute Gasteiger partial charge is 0.333 e. The van der Waals surface area contributed by atoms with E-state index in [1.54, 1.807) is 16.2 Å². The molecular formula is C18H20N4O3S2. The number of thiophene rings is 1. The number of urea groups is 1. The van der Waals surface area contributed by atoms with Crippen molar-refractivity contribution in [1.29, 1.82) is 5.26 Å². The minimum absolute atomic E-state index is 0.160. The molecule has 0 bridgehead atoms. The Labute approximate surface area is 162 Å². The number of carbonyl (C=O) groups is 1. The van der Waals surface area contributed by atoms with E-state index < -0.39 is 10.0 Å². The monoisotopic (exact) mass is 404 g/mol. The van der Waals surface area contributed by atoms with E-state index in [2.05, 4.69) is 5.32 Å². The highest BCUT2D eigenvalue weighted by Gasteiger charge is 2.30. The van der Waals surface area contributed by atoms with E-state index in [-0.39, 0.29) is 24.0 Å². The van der Waals surface area contributed by atoms with Crippen LogP contribution in [0, 0.1) is 18.3 Å². The number of benzene rings is 1. The number of hydrogen-bond acceptors (Lipinski definition) is 5. The van der Waals surface area contributed by atoms with Gasteiger partial charge < -0.3 is 10.2 Å². The predicted octanol–water partition coefficient (Wildman–Crippen LogP) is 2.14. The van der Waals surface area contributed by atoms with Gasteiger partial charge in [0, 0.05) is 31.1 Å². The molecule has 0 atom stereocenters. The molecule has 0 spiro atoms. The lowest BCUT2D eigenvalue weighted by atomic mass is 10.2. The lowest BCUT2D eigenvalue weighted by molar-refractivity contribution is 0.172. The molecule has 3 rings (SSSR count).